The van der Waals surface area contributed by atoms with Crippen LogP contribution in [-0.2, 0) is 4.74 Å². The van der Waals surface area contributed by atoms with E-state index in [0.717, 1.165) is 0 Å². The Balaban J connectivity index is 2.45. The molecule has 6 heavy (non-hydrogen) atoms. The quantitative estimate of drug-likeness (QED) is 0.445. The third kappa shape index (κ3) is 0.627. The zero-order chi connectivity index (χ0) is 4.41. The van der Waals surface area contributed by atoms with Crippen molar-refractivity contribution in [3.05, 3.63) is 6.54 Å². The Morgan fingerprint density at radius 2 is 2.83 bits per heavy atom. The highest BCUT2D eigenvalue weighted by molar-refractivity contribution is 6.63. The first kappa shape index (κ1) is 3.93. The summed E-state index contributed by atoms with van der Waals surface area (Å²) in [4.78, 5) is 3.57. The van der Waals surface area contributed by atoms with Crippen LogP contribution >= 0.6 is 11.6 Å². The number of hydrogen-bond acceptors (Lipinski definition) is 2. The van der Waals surface area contributed by atoms with Gasteiger partial charge in [0.1, 0.15) is 13.2 Å². The third-order valence-electron chi connectivity index (χ3n) is 0.470. The number of aliphatic imine (C=N–C) groups is 1. The summed E-state index contributed by atoms with van der Waals surface area (Å²) in [6.07, 6.45) is 0. The van der Waals surface area contributed by atoms with Crippen LogP contribution in [0, 0.1) is 6.54 Å². The molecule has 0 atom stereocenters. The van der Waals surface area contributed by atoms with Gasteiger partial charge in [-0.15, -0.1) is 0 Å². The first-order valence-corrected chi connectivity index (χ1v) is 1.95. The first-order chi connectivity index (χ1) is 2.89. The molecule has 1 radical (unpaired) electrons. The van der Waals surface area contributed by atoms with E-state index < -0.39 is 0 Å². The minimum absolute atomic E-state index is 0.245. The predicted octanol–water partition coefficient (Wildman–Crippen LogP) is 0.773. The van der Waals surface area contributed by atoms with Gasteiger partial charge in [0, 0.05) is 0 Å². The Morgan fingerprint density at radius 1 is 2.00 bits per heavy atom. The Kier molecular flexibility index (Phi) is 0.965. The van der Waals surface area contributed by atoms with Gasteiger partial charge >= 0.3 is 0 Å². The topological polar surface area (TPSA) is 21.6 Å². The molecule has 0 aromatic rings. The summed E-state index contributed by atoms with van der Waals surface area (Å²) >= 11 is 5.21. The van der Waals surface area contributed by atoms with Gasteiger partial charge in [-0.3, -0.25) is 0 Å². The molecule has 0 aliphatic carbocycles. The van der Waals surface area contributed by atoms with Gasteiger partial charge in [-0.2, -0.15) is 0 Å². The van der Waals surface area contributed by atoms with Gasteiger partial charge < -0.3 is 4.74 Å². The van der Waals surface area contributed by atoms with Gasteiger partial charge in [-0.25, -0.2) is 4.99 Å². The Hall–Kier alpha value is -0.240. The maximum atomic E-state index is 5.21. The maximum Gasteiger partial charge on any atom is 0.282 e. The lowest BCUT2D eigenvalue weighted by Gasteiger charge is -1.83. The number of nitrogens with zero attached hydrogens (tertiary/aromatic N) is 1. The third-order valence-corrected chi connectivity index (χ3v) is 0.676. The molecule has 0 aromatic carbocycles. The zero-order valence-corrected chi connectivity index (χ0v) is 3.77. The SMILES string of the molecule is ClC1=N[CH]CO1. The van der Waals surface area contributed by atoms with Crippen LogP contribution in [0.5, 0.6) is 0 Å². The van der Waals surface area contributed by atoms with E-state index in [4.69, 9.17) is 11.6 Å². The molecule has 0 fully saturated rings. The number of hydrogen-bond donors (Lipinski definition) is 0. The van der Waals surface area contributed by atoms with Crippen molar-refractivity contribution in [1.82, 2.24) is 0 Å². The van der Waals surface area contributed by atoms with Crippen molar-refractivity contribution in [2.75, 3.05) is 6.61 Å². The van der Waals surface area contributed by atoms with E-state index in [1.807, 2.05) is 0 Å². The summed E-state index contributed by atoms with van der Waals surface area (Å²) in [6.45, 7) is 2.14. The van der Waals surface area contributed by atoms with E-state index in [-0.39, 0.29) is 5.36 Å². The Morgan fingerprint density at radius 3 is 3.00 bits per heavy atom. The molecule has 0 saturated heterocycles. The summed E-state index contributed by atoms with van der Waals surface area (Å²) in [7, 11) is 0. The van der Waals surface area contributed by atoms with Crippen molar-refractivity contribution in [3.8, 4) is 0 Å². The molecule has 1 aliphatic heterocycles. The standard InChI is InChI=1S/C3H3ClNO/c4-3-5-1-2-6-3/h1H,2H2. The van der Waals surface area contributed by atoms with Crippen molar-refractivity contribution >= 4 is 17.0 Å². The number of ether oxygens (including phenoxy) is 1. The second-order valence-electron chi connectivity index (χ2n) is 0.876. The zero-order valence-electron chi connectivity index (χ0n) is 3.02. The summed E-state index contributed by atoms with van der Waals surface area (Å²) in [5, 5.41) is 0.245. The van der Waals surface area contributed by atoms with Crippen LogP contribution in [0.2, 0.25) is 0 Å². The summed E-state index contributed by atoms with van der Waals surface area (Å²) in [5.74, 6) is 0. The molecule has 0 N–H and O–H groups in total. The van der Waals surface area contributed by atoms with E-state index in [1.54, 1.807) is 6.54 Å². The minimum Gasteiger partial charge on any atom is -0.467 e. The number of rotatable bonds is 0. The average Bonchev–Trinajstić information content (AvgIpc) is 1.86. The Labute approximate surface area is 40.8 Å². The second-order valence-corrected chi connectivity index (χ2v) is 1.20. The molecule has 33 valence electrons. The molecule has 1 aliphatic rings. The van der Waals surface area contributed by atoms with Crippen LogP contribution in [0.4, 0.5) is 0 Å². The summed E-state index contributed by atoms with van der Waals surface area (Å²) in [5.41, 5.74) is 0. The highest BCUT2D eigenvalue weighted by atomic mass is 35.5. The molecule has 0 aromatic heterocycles. The van der Waals surface area contributed by atoms with E-state index in [1.165, 1.54) is 0 Å². The maximum absolute atomic E-state index is 5.21. The summed E-state index contributed by atoms with van der Waals surface area (Å²) < 4.78 is 4.61. The van der Waals surface area contributed by atoms with Crippen LogP contribution in [0.3, 0.4) is 0 Å². The molecular formula is C3H3ClNO. The lowest BCUT2D eigenvalue weighted by atomic mass is 10.8. The molecule has 0 amide bonds. The summed E-state index contributed by atoms with van der Waals surface area (Å²) in [6, 6.07) is 0. The molecule has 0 bridgehead atoms. The number of halogens is 1. The molecule has 3 heteroatoms. The van der Waals surface area contributed by atoms with Crippen molar-refractivity contribution in [1.29, 1.82) is 0 Å². The lowest BCUT2D eigenvalue weighted by Crippen LogP contribution is -1.84. The van der Waals surface area contributed by atoms with E-state index in [9.17, 15) is 0 Å². The van der Waals surface area contributed by atoms with E-state index >= 15 is 0 Å². The molecule has 1 heterocycles. The Bertz CT molecular complexity index is 80.9. The monoisotopic (exact) mass is 104 g/mol. The molecule has 0 saturated carbocycles. The van der Waals surface area contributed by atoms with E-state index in [0.29, 0.717) is 6.61 Å². The highest BCUT2D eigenvalue weighted by Crippen LogP contribution is 1.99. The smallest absolute Gasteiger partial charge is 0.282 e. The van der Waals surface area contributed by atoms with Crippen molar-refractivity contribution < 1.29 is 4.74 Å². The first-order valence-electron chi connectivity index (χ1n) is 1.57. The molecule has 2 nitrogen and oxygen atoms in total. The molecular weight excluding hydrogens is 101 g/mol. The molecule has 0 spiro atoms. The largest absolute Gasteiger partial charge is 0.467 e. The average molecular weight is 105 g/mol. The fourth-order valence-corrected chi connectivity index (χ4v) is 0.384. The van der Waals surface area contributed by atoms with E-state index in [2.05, 4.69) is 9.73 Å². The van der Waals surface area contributed by atoms with Crippen molar-refractivity contribution in [2.24, 2.45) is 4.99 Å². The van der Waals surface area contributed by atoms with Gasteiger partial charge in [0.05, 0.1) is 0 Å². The van der Waals surface area contributed by atoms with Crippen LogP contribution < -0.4 is 0 Å². The fourth-order valence-electron chi connectivity index (χ4n) is 0.252. The fraction of sp³-hybridized carbons (Fsp3) is 0.333. The molecule has 1 rings (SSSR count). The van der Waals surface area contributed by atoms with Gasteiger partial charge in [0.25, 0.3) is 5.36 Å². The lowest BCUT2D eigenvalue weighted by molar-refractivity contribution is 0.370. The minimum atomic E-state index is 0.245. The van der Waals surface area contributed by atoms with Crippen molar-refractivity contribution in [2.45, 2.75) is 0 Å². The van der Waals surface area contributed by atoms with Gasteiger partial charge in [0.15, 0.2) is 0 Å². The molecule has 0 unspecified atom stereocenters. The normalized spacial score (nSPS) is 19.8. The van der Waals surface area contributed by atoms with Gasteiger partial charge in [0.2, 0.25) is 0 Å². The predicted molar refractivity (Wildman–Crippen MR) is 23.5 cm³/mol. The van der Waals surface area contributed by atoms with Crippen molar-refractivity contribution in [3.63, 3.8) is 0 Å². The highest BCUT2D eigenvalue weighted by Gasteiger charge is 2.00. The van der Waals surface area contributed by atoms with Crippen LogP contribution in [0.15, 0.2) is 4.99 Å². The van der Waals surface area contributed by atoms with Crippen LogP contribution in [0.1, 0.15) is 0 Å². The van der Waals surface area contributed by atoms with Crippen LogP contribution in [-0.4, -0.2) is 12.0 Å². The van der Waals surface area contributed by atoms with Crippen LogP contribution in [0.25, 0.3) is 0 Å². The van der Waals surface area contributed by atoms with Gasteiger partial charge in [-0.1, -0.05) is 0 Å². The second kappa shape index (κ2) is 1.47. The van der Waals surface area contributed by atoms with Gasteiger partial charge in [-0.05, 0) is 11.6 Å².